The van der Waals surface area contributed by atoms with Gasteiger partial charge >= 0.3 is 0 Å². The van der Waals surface area contributed by atoms with Gasteiger partial charge in [-0.05, 0) is 36.1 Å². The molecular formula is C15H24N2O2. The van der Waals surface area contributed by atoms with Crippen LogP contribution in [0.2, 0.25) is 0 Å². The van der Waals surface area contributed by atoms with E-state index in [0.717, 1.165) is 17.9 Å². The maximum atomic E-state index is 11.9. The maximum Gasteiger partial charge on any atom is 0.241 e. The number of carbonyl (C=O) groups excluding carboxylic acids is 1. The Bertz CT molecular complexity index is 407. The minimum atomic E-state index is -0.538. The fraction of sp³-hybridized carbons (Fsp3) is 0.533. The van der Waals surface area contributed by atoms with Crippen molar-refractivity contribution < 1.29 is 9.53 Å². The molecule has 1 amide bonds. The Labute approximate surface area is 115 Å². The number of ether oxygens (including phenoxy) is 1. The zero-order valence-corrected chi connectivity index (χ0v) is 12.2. The molecule has 0 radical (unpaired) electrons. The second-order valence-electron chi connectivity index (χ2n) is 5.71. The molecule has 0 saturated carbocycles. The van der Waals surface area contributed by atoms with E-state index in [1.807, 2.05) is 45.0 Å². The van der Waals surface area contributed by atoms with Crippen LogP contribution in [0.15, 0.2) is 24.3 Å². The molecule has 0 unspecified atom stereocenters. The molecule has 0 bridgehead atoms. The number of nitrogens with two attached hydrogens (primary N) is 1. The standard InChI is InChI=1S/C15H24N2O2/c1-5-10-19-12-8-6-11(7-9-12)17-14(18)13(16)15(2,3)4/h6-9,13H,5,10,16H2,1-4H3,(H,17,18)/t13-/m1/s1. The van der Waals surface area contributed by atoms with Crippen molar-refractivity contribution in [1.82, 2.24) is 0 Å². The van der Waals surface area contributed by atoms with Gasteiger partial charge < -0.3 is 15.8 Å². The molecule has 19 heavy (non-hydrogen) atoms. The SMILES string of the molecule is CCCOc1ccc(NC(=O)[C@@H](N)C(C)(C)C)cc1. The first-order chi connectivity index (χ1) is 8.84. The van der Waals surface area contributed by atoms with Crippen molar-refractivity contribution >= 4 is 11.6 Å². The highest BCUT2D eigenvalue weighted by Gasteiger charge is 2.27. The van der Waals surface area contributed by atoms with Crippen LogP contribution in [-0.2, 0) is 4.79 Å². The van der Waals surface area contributed by atoms with Gasteiger partial charge in [-0.25, -0.2) is 0 Å². The second kappa shape index (κ2) is 6.57. The molecule has 1 aromatic rings. The predicted molar refractivity (Wildman–Crippen MR) is 78.3 cm³/mol. The number of rotatable bonds is 5. The highest BCUT2D eigenvalue weighted by atomic mass is 16.5. The summed E-state index contributed by atoms with van der Waals surface area (Å²) in [5, 5.41) is 2.81. The molecule has 0 aromatic heterocycles. The van der Waals surface area contributed by atoms with Crippen molar-refractivity contribution in [3.05, 3.63) is 24.3 Å². The third-order valence-electron chi connectivity index (χ3n) is 2.81. The Kier molecular flexibility index (Phi) is 5.36. The number of benzene rings is 1. The van der Waals surface area contributed by atoms with Crippen molar-refractivity contribution in [3.63, 3.8) is 0 Å². The van der Waals surface area contributed by atoms with Crippen molar-refractivity contribution in [2.75, 3.05) is 11.9 Å². The van der Waals surface area contributed by atoms with Crippen LogP contribution in [0.5, 0.6) is 5.75 Å². The van der Waals surface area contributed by atoms with Crippen LogP contribution in [0.4, 0.5) is 5.69 Å². The van der Waals surface area contributed by atoms with Gasteiger partial charge in [0.1, 0.15) is 5.75 Å². The van der Waals surface area contributed by atoms with Crippen LogP contribution < -0.4 is 15.8 Å². The molecule has 0 aliphatic heterocycles. The second-order valence-corrected chi connectivity index (χ2v) is 5.71. The third kappa shape index (κ3) is 4.91. The van der Waals surface area contributed by atoms with E-state index < -0.39 is 6.04 Å². The number of anilines is 1. The summed E-state index contributed by atoms with van der Waals surface area (Å²) in [4.78, 5) is 11.9. The zero-order valence-electron chi connectivity index (χ0n) is 12.2. The van der Waals surface area contributed by atoms with Gasteiger partial charge in [0.25, 0.3) is 0 Å². The van der Waals surface area contributed by atoms with E-state index >= 15 is 0 Å². The van der Waals surface area contributed by atoms with Gasteiger partial charge in [0.05, 0.1) is 12.6 Å². The lowest BCUT2D eigenvalue weighted by Crippen LogP contribution is -2.45. The Morgan fingerprint density at radius 3 is 2.37 bits per heavy atom. The molecule has 4 heteroatoms. The highest BCUT2D eigenvalue weighted by molar-refractivity contribution is 5.95. The molecule has 3 N–H and O–H groups in total. The van der Waals surface area contributed by atoms with Gasteiger partial charge in [0, 0.05) is 5.69 Å². The predicted octanol–water partition coefficient (Wildman–Crippen LogP) is 2.79. The molecule has 1 aromatic carbocycles. The summed E-state index contributed by atoms with van der Waals surface area (Å²) in [5.74, 6) is 0.634. The van der Waals surface area contributed by atoms with Crippen LogP contribution in [0.25, 0.3) is 0 Å². The summed E-state index contributed by atoms with van der Waals surface area (Å²) in [6, 6.07) is 6.78. The number of amides is 1. The summed E-state index contributed by atoms with van der Waals surface area (Å²) in [6.45, 7) is 8.58. The minimum absolute atomic E-state index is 0.172. The van der Waals surface area contributed by atoms with E-state index in [1.54, 1.807) is 0 Å². The van der Waals surface area contributed by atoms with E-state index in [4.69, 9.17) is 10.5 Å². The molecule has 0 saturated heterocycles. The number of carbonyl (C=O) groups is 1. The fourth-order valence-electron chi connectivity index (χ4n) is 1.47. The zero-order chi connectivity index (χ0) is 14.5. The van der Waals surface area contributed by atoms with Crippen molar-refractivity contribution in [1.29, 1.82) is 0 Å². The summed E-state index contributed by atoms with van der Waals surface area (Å²) in [5.41, 5.74) is 6.38. The van der Waals surface area contributed by atoms with Crippen LogP contribution >= 0.6 is 0 Å². The van der Waals surface area contributed by atoms with E-state index in [-0.39, 0.29) is 11.3 Å². The largest absolute Gasteiger partial charge is 0.494 e. The van der Waals surface area contributed by atoms with Gasteiger partial charge in [-0.2, -0.15) is 0 Å². The van der Waals surface area contributed by atoms with Gasteiger partial charge in [0.2, 0.25) is 5.91 Å². The average molecular weight is 264 g/mol. The molecule has 0 spiro atoms. The molecule has 0 aliphatic carbocycles. The first-order valence-corrected chi connectivity index (χ1v) is 6.64. The minimum Gasteiger partial charge on any atom is -0.494 e. The van der Waals surface area contributed by atoms with Crippen LogP contribution in [-0.4, -0.2) is 18.6 Å². The Hall–Kier alpha value is -1.55. The quantitative estimate of drug-likeness (QED) is 0.859. The normalized spacial score (nSPS) is 12.9. The molecule has 0 aliphatic rings. The molecular weight excluding hydrogens is 240 g/mol. The molecule has 0 heterocycles. The van der Waals surface area contributed by atoms with Crippen molar-refractivity contribution in [2.24, 2.45) is 11.1 Å². The van der Waals surface area contributed by atoms with Gasteiger partial charge in [-0.3, -0.25) is 4.79 Å². The number of hydrogen-bond donors (Lipinski definition) is 2. The summed E-state index contributed by atoms with van der Waals surface area (Å²) >= 11 is 0. The number of hydrogen-bond acceptors (Lipinski definition) is 3. The molecule has 1 atom stereocenters. The van der Waals surface area contributed by atoms with E-state index in [0.29, 0.717) is 6.61 Å². The third-order valence-corrected chi connectivity index (χ3v) is 2.81. The molecule has 106 valence electrons. The van der Waals surface area contributed by atoms with Gasteiger partial charge in [0.15, 0.2) is 0 Å². The molecule has 0 fully saturated rings. The maximum absolute atomic E-state index is 11.9. The van der Waals surface area contributed by atoms with Crippen LogP contribution in [0.1, 0.15) is 34.1 Å². The number of nitrogens with one attached hydrogen (secondary N) is 1. The van der Waals surface area contributed by atoms with Gasteiger partial charge in [-0.15, -0.1) is 0 Å². The first kappa shape index (κ1) is 15.5. The summed E-state index contributed by atoms with van der Waals surface area (Å²) in [6.07, 6.45) is 0.971. The summed E-state index contributed by atoms with van der Waals surface area (Å²) in [7, 11) is 0. The van der Waals surface area contributed by atoms with E-state index in [9.17, 15) is 4.79 Å². The smallest absolute Gasteiger partial charge is 0.241 e. The monoisotopic (exact) mass is 264 g/mol. The van der Waals surface area contributed by atoms with Crippen molar-refractivity contribution in [2.45, 2.75) is 40.2 Å². The Morgan fingerprint density at radius 1 is 1.32 bits per heavy atom. The van der Waals surface area contributed by atoms with E-state index in [2.05, 4.69) is 12.2 Å². The lowest BCUT2D eigenvalue weighted by atomic mass is 9.87. The Morgan fingerprint density at radius 2 is 1.89 bits per heavy atom. The summed E-state index contributed by atoms with van der Waals surface area (Å²) < 4.78 is 5.48. The molecule has 1 rings (SSSR count). The fourth-order valence-corrected chi connectivity index (χ4v) is 1.47. The van der Waals surface area contributed by atoms with Crippen molar-refractivity contribution in [3.8, 4) is 5.75 Å². The topological polar surface area (TPSA) is 64.3 Å². The highest BCUT2D eigenvalue weighted by Crippen LogP contribution is 2.20. The Balaban J connectivity index is 2.60. The van der Waals surface area contributed by atoms with Gasteiger partial charge in [-0.1, -0.05) is 27.7 Å². The lowest BCUT2D eigenvalue weighted by molar-refractivity contribution is -0.119. The van der Waals surface area contributed by atoms with E-state index in [1.165, 1.54) is 0 Å². The van der Waals surface area contributed by atoms with Crippen LogP contribution in [0, 0.1) is 5.41 Å². The van der Waals surface area contributed by atoms with Crippen LogP contribution in [0.3, 0.4) is 0 Å². The lowest BCUT2D eigenvalue weighted by Gasteiger charge is -2.25. The molecule has 4 nitrogen and oxygen atoms in total. The first-order valence-electron chi connectivity index (χ1n) is 6.64. The average Bonchev–Trinajstić information content (AvgIpc) is 2.36.